The third-order valence-corrected chi connectivity index (χ3v) is 3.15. The molecular formula is C12H16N2O. The van der Waals surface area contributed by atoms with Crippen molar-refractivity contribution in [2.75, 3.05) is 18.5 Å². The van der Waals surface area contributed by atoms with Gasteiger partial charge in [0.05, 0.1) is 5.41 Å². The number of carbonyl (C=O) groups excluding carboxylic acids is 1. The summed E-state index contributed by atoms with van der Waals surface area (Å²) in [6.07, 6.45) is 1.86. The second kappa shape index (κ2) is 3.66. The van der Waals surface area contributed by atoms with Crippen LogP contribution in [0.2, 0.25) is 0 Å². The molecule has 3 nitrogen and oxygen atoms in total. The van der Waals surface area contributed by atoms with Crippen LogP contribution in [0.3, 0.4) is 0 Å². The van der Waals surface area contributed by atoms with E-state index in [-0.39, 0.29) is 11.3 Å². The van der Waals surface area contributed by atoms with Gasteiger partial charge in [-0.05, 0) is 25.0 Å². The average molecular weight is 204 g/mol. The van der Waals surface area contributed by atoms with Crippen LogP contribution in [0.5, 0.6) is 0 Å². The minimum absolute atomic E-state index is 0.149. The number of rotatable bonds is 3. The van der Waals surface area contributed by atoms with Crippen LogP contribution in [-0.4, -0.2) is 19.5 Å². The fraction of sp³-hybridized carbons (Fsp3) is 0.417. The summed E-state index contributed by atoms with van der Waals surface area (Å²) in [5.41, 5.74) is 6.31. The summed E-state index contributed by atoms with van der Waals surface area (Å²) < 4.78 is 0. The normalized spacial score (nSPS) is 17.2. The first-order valence-electron chi connectivity index (χ1n) is 5.23. The third-order valence-electron chi connectivity index (χ3n) is 3.15. The van der Waals surface area contributed by atoms with Crippen LogP contribution in [0.15, 0.2) is 30.3 Å². The molecule has 1 fully saturated rings. The molecule has 2 N–H and O–H groups in total. The van der Waals surface area contributed by atoms with Gasteiger partial charge in [0.1, 0.15) is 0 Å². The molecule has 1 amide bonds. The molecule has 2 rings (SSSR count). The van der Waals surface area contributed by atoms with Gasteiger partial charge in [-0.2, -0.15) is 0 Å². The number of amides is 1. The Kier molecular flexibility index (Phi) is 2.49. The molecule has 0 bridgehead atoms. The van der Waals surface area contributed by atoms with E-state index in [2.05, 4.69) is 0 Å². The van der Waals surface area contributed by atoms with Gasteiger partial charge in [0, 0.05) is 19.3 Å². The Morgan fingerprint density at radius 3 is 2.47 bits per heavy atom. The van der Waals surface area contributed by atoms with Gasteiger partial charge >= 0.3 is 0 Å². The van der Waals surface area contributed by atoms with Crippen molar-refractivity contribution in [3.8, 4) is 0 Å². The molecule has 0 heterocycles. The summed E-state index contributed by atoms with van der Waals surface area (Å²) in [6.45, 7) is 0.461. The number of nitrogens with two attached hydrogens (primary N) is 1. The van der Waals surface area contributed by atoms with Crippen LogP contribution < -0.4 is 10.6 Å². The van der Waals surface area contributed by atoms with E-state index in [0.29, 0.717) is 6.54 Å². The first kappa shape index (κ1) is 10.2. The van der Waals surface area contributed by atoms with Crippen molar-refractivity contribution in [3.63, 3.8) is 0 Å². The molecule has 0 unspecified atom stereocenters. The number of hydrogen-bond donors (Lipinski definition) is 1. The average Bonchev–Trinajstić information content (AvgIpc) is 3.09. The van der Waals surface area contributed by atoms with Gasteiger partial charge < -0.3 is 10.6 Å². The molecule has 1 saturated carbocycles. The molecule has 0 aromatic heterocycles. The number of para-hydroxylation sites is 1. The van der Waals surface area contributed by atoms with Crippen LogP contribution in [0.1, 0.15) is 12.8 Å². The zero-order chi connectivity index (χ0) is 10.9. The number of hydrogen-bond acceptors (Lipinski definition) is 2. The van der Waals surface area contributed by atoms with Crippen molar-refractivity contribution >= 4 is 11.6 Å². The van der Waals surface area contributed by atoms with Crippen molar-refractivity contribution in [2.45, 2.75) is 12.8 Å². The lowest BCUT2D eigenvalue weighted by Crippen LogP contribution is -2.38. The van der Waals surface area contributed by atoms with Crippen LogP contribution in [0.25, 0.3) is 0 Å². The van der Waals surface area contributed by atoms with Gasteiger partial charge in [0.2, 0.25) is 5.91 Å². The van der Waals surface area contributed by atoms with Crippen molar-refractivity contribution in [1.82, 2.24) is 0 Å². The zero-order valence-electron chi connectivity index (χ0n) is 8.94. The first-order chi connectivity index (χ1) is 7.19. The van der Waals surface area contributed by atoms with E-state index in [4.69, 9.17) is 5.73 Å². The summed E-state index contributed by atoms with van der Waals surface area (Å²) in [4.78, 5) is 13.8. The molecule has 80 valence electrons. The Labute approximate surface area is 89.9 Å². The van der Waals surface area contributed by atoms with Crippen molar-refractivity contribution in [2.24, 2.45) is 11.1 Å². The van der Waals surface area contributed by atoms with Crippen LogP contribution in [0.4, 0.5) is 5.69 Å². The molecule has 15 heavy (non-hydrogen) atoms. The van der Waals surface area contributed by atoms with E-state index in [1.165, 1.54) is 0 Å². The number of benzene rings is 1. The predicted octanol–water partition coefficient (Wildman–Crippen LogP) is 1.39. The molecule has 0 aliphatic heterocycles. The smallest absolute Gasteiger partial charge is 0.234 e. The van der Waals surface area contributed by atoms with Crippen molar-refractivity contribution in [1.29, 1.82) is 0 Å². The highest BCUT2D eigenvalue weighted by Crippen LogP contribution is 2.46. The largest absolute Gasteiger partial charge is 0.329 e. The quantitative estimate of drug-likeness (QED) is 0.808. The zero-order valence-corrected chi connectivity index (χ0v) is 8.94. The van der Waals surface area contributed by atoms with E-state index in [1.807, 2.05) is 37.4 Å². The number of anilines is 1. The van der Waals surface area contributed by atoms with Crippen LogP contribution >= 0.6 is 0 Å². The Balaban J connectivity index is 2.15. The molecule has 1 aliphatic carbocycles. The predicted molar refractivity (Wildman–Crippen MR) is 60.6 cm³/mol. The molecule has 0 spiro atoms. The summed E-state index contributed by atoms with van der Waals surface area (Å²) >= 11 is 0. The van der Waals surface area contributed by atoms with Crippen molar-refractivity contribution in [3.05, 3.63) is 30.3 Å². The lowest BCUT2D eigenvalue weighted by atomic mass is 10.1. The number of nitrogens with zero attached hydrogens (tertiary/aromatic N) is 1. The highest BCUT2D eigenvalue weighted by atomic mass is 16.2. The summed E-state index contributed by atoms with van der Waals surface area (Å²) in [5, 5.41) is 0. The SMILES string of the molecule is CN(C(=O)C1(CN)CC1)c1ccccc1. The molecule has 1 aromatic rings. The van der Waals surface area contributed by atoms with E-state index in [0.717, 1.165) is 18.5 Å². The van der Waals surface area contributed by atoms with Crippen LogP contribution in [-0.2, 0) is 4.79 Å². The summed E-state index contributed by atoms with van der Waals surface area (Å²) in [6, 6.07) is 9.68. The maximum Gasteiger partial charge on any atom is 0.234 e. The second-order valence-electron chi connectivity index (χ2n) is 4.18. The monoisotopic (exact) mass is 204 g/mol. The highest BCUT2D eigenvalue weighted by Gasteiger charge is 2.50. The Morgan fingerprint density at radius 1 is 1.40 bits per heavy atom. The van der Waals surface area contributed by atoms with Crippen molar-refractivity contribution < 1.29 is 4.79 Å². The lowest BCUT2D eigenvalue weighted by Gasteiger charge is -2.22. The standard InChI is InChI=1S/C12H16N2O/c1-14(10-5-3-2-4-6-10)11(15)12(9-13)7-8-12/h2-6H,7-9,13H2,1H3. The molecule has 0 radical (unpaired) electrons. The van der Waals surface area contributed by atoms with E-state index >= 15 is 0 Å². The van der Waals surface area contributed by atoms with E-state index < -0.39 is 0 Å². The minimum Gasteiger partial charge on any atom is -0.329 e. The minimum atomic E-state index is -0.259. The number of carbonyl (C=O) groups is 1. The van der Waals surface area contributed by atoms with Gasteiger partial charge in [-0.1, -0.05) is 18.2 Å². The summed E-state index contributed by atoms with van der Waals surface area (Å²) in [7, 11) is 1.81. The molecule has 3 heteroatoms. The maximum atomic E-state index is 12.1. The van der Waals surface area contributed by atoms with Gasteiger partial charge in [0.25, 0.3) is 0 Å². The molecule has 1 aliphatic rings. The Morgan fingerprint density at radius 2 is 2.00 bits per heavy atom. The van der Waals surface area contributed by atoms with Gasteiger partial charge in [0.15, 0.2) is 0 Å². The topological polar surface area (TPSA) is 46.3 Å². The molecular weight excluding hydrogens is 188 g/mol. The van der Waals surface area contributed by atoms with E-state index in [9.17, 15) is 4.79 Å². The van der Waals surface area contributed by atoms with Gasteiger partial charge in [-0.3, -0.25) is 4.79 Å². The Bertz CT molecular complexity index is 357. The Hall–Kier alpha value is -1.35. The molecule has 1 aromatic carbocycles. The maximum absolute atomic E-state index is 12.1. The summed E-state index contributed by atoms with van der Waals surface area (Å²) in [5.74, 6) is 0.149. The first-order valence-corrected chi connectivity index (χ1v) is 5.23. The second-order valence-corrected chi connectivity index (χ2v) is 4.18. The van der Waals surface area contributed by atoms with Gasteiger partial charge in [-0.25, -0.2) is 0 Å². The fourth-order valence-corrected chi connectivity index (χ4v) is 1.78. The molecule has 0 atom stereocenters. The molecule has 0 saturated heterocycles. The van der Waals surface area contributed by atoms with Gasteiger partial charge in [-0.15, -0.1) is 0 Å². The van der Waals surface area contributed by atoms with E-state index in [1.54, 1.807) is 4.90 Å². The third kappa shape index (κ3) is 1.75. The fourth-order valence-electron chi connectivity index (χ4n) is 1.78. The lowest BCUT2D eigenvalue weighted by molar-refractivity contribution is -0.123. The van der Waals surface area contributed by atoms with Crippen LogP contribution in [0, 0.1) is 5.41 Å². The highest BCUT2D eigenvalue weighted by molar-refractivity contribution is 5.99.